The van der Waals surface area contributed by atoms with E-state index in [1.807, 2.05) is 30.3 Å². The molecule has 1 N–H and O–H groups in total. The van der Waals surface area contributed by atoms with Gasteiger partial charge in [-0.1, -0.05) is 35.5 Å². The van der Waals surface area contributed by atoms with Gasteiger partial charge in [-0.15, -0.1) is 0 Å². The second kappa shape index (κ2) is 6.15. The third-order valence-corrected chi connectivity index (χ3v) is 3.68. The lowest BCUT2D eigenvalue weighted by molar-refractivity contribution is 0.126. The first-order valence-electron chi connectivity index (χ1n) is 7.00. The molecule has 2 heterocycles. The molecule has 0 aliphatic carbocycles. The quantitative estimate of drug-likeness (QED) is 0.926. The van der Waals surface area contributed by atoms with Crippen molar-refractivity contribution in [3.05, 3.63) is 47.6 Å². The first kappa shape index (κ1) is 13.3. The summed E-state index contributed by atoms with van der Waals surface area (Å²) >= 11 is 0. The van der Waals surface area contributed by atoms with E-state index in [0.717, 1.165) is 31.5 Å². The second-order valence-electron chi connectivity index (χ2n) is 5.06. The van der Waals surface area contributed by atoms with Crippen molar-refractivity contribution in [3.8, 4) is 0 Å². The normalized spacial score (nSPS) is 20.8. The van der Waals surface area contributed by atoms with Gasteiger partial charge < -0.3 is 14.6 Å². The first-order valence-corrected chi connectivity index (χ1v) is 7.00. The zero-order chi connectivity index (χ0) is 13.8. The Morgan fingerprint density at radius 1 is 1.35 bits per heavy atom. The minimum Gasteiger partial charge on any atom is -0.369 e. The van der Waals surface area contributed by atoms with Crippen molar-refractivity contribution in [2.45, 2.75) is 24.9 Å². The molecule has 1 saturated heterocycles. The molecule has 5 nitrogen and oxygen atoms in total. The summed E-state index contributed by atoms with van der Waals surface area (Å²) in [6.45, 7) is 1.98. The van der Waals surface area contributed by atoms with Crippen molar-refractivity contribution < 1.29 is 9.26 Å². The average Bonchev–Trinajstić information content (AvgIpc) is 3.00. The highest BCUT2D eigenvalue weighted by Gasteiger charge is 2.25. The highest BCUT2D eigenvalue weighted by molar-refractivity contribution is 5.22. The summed E-state index contributed by atoms with van der Waals surface area (Å²) in [7, 11) is 1.66. The molecule has 0 amide bonds. The van der Waals surface area contributed by atoms with E-state index in [9.17, 15) is 0 Å². The van der Waals surface area contributed by atoms with E-state index in [1.165, 1.54) is 0 Å². The number of aromatic nitrogens is 2. The number of benzene rings is 1. The van der Waals surface area contributed by atoms with E-state index in [2.05, 4.69) is 15.5 Å². The van der Waals surface area contributed by atoms with Gasteiger partial charge >= 0.3 is 0 Å². The molecule has 0 bridgehead atoms. The molecule has 0 saturated carbocycles. The number of hydrogen-bond acceptors (Lipinski definition) is 5. The molecule has 106 valence electrons. The number of rotatable bonds is 4. The van der Waals surface area contributed by atoms with E-state index in [4.69, 9.17) is 9.26 Å². The van der Waals surface area contributed by atoms with Crippen LogP contribution in [0.25, 0.3) is 0 Å². The van der Waals surface area contributed by atoms with E-state index >= 15 is 0 Å². The third kappa shape index (κ3) is 2.73. The maximum Gasteiger partial charge on any atom is 0.231 e. The van der Waals surface area contributed by atoms with Gasteiger partial charge in [0.15, 0.2) is 0 Å². The SMILES string of the molecule is COC(c1ccccc1)c1noc(C2CCCNC2)n1. The first-order chi connectivity index (χ1) is 9.88. The molecule has 2 atom stereocenters. The Balaban J connectivity index is 1.81. The molecule has 2 aromatic rings. The van der Waals surface area contributed by atoms with Crippen molar-refractivity contribution in [1.29, 1.82) is 0 Å². The van der Waals surface area contributed by atoms with E-state index in [0.29, 0.717) is 17.6 Å². The summed E-state index contributed by atoms with van der Waals surface area (Å²) in [5.41, 5.74) is 1.03. The van der Waals surface area contributed by atoms with E-state index < -0.39 is 0 Å². The van der Waals surface area contributed by atoms with Gasteiger partial charge in [0.2, 0.25) is 11.7 Å². The smallest absolute Gasteiger partial charge is 0.231 e. The van der Waals surface area contributed by atoms with Crippen molar-refractivity contribution in [1.82, 2.24) is 15.5 Å². The highest BCUT2D eigenvalue weighted by Crippen LogP contribution is 2.26. The molecule has 2 unspecified atom stereocenters. The summed E-state index contributed by atoms with van der Waals surface area (Å²) in [6.07, 6.45) is 1.97. The van der Waals surface area contributed by atoms with Crippen molar-refractivity contribution in [2.24, 2.45) is 0 Å². The Labute approximate surface area is 118 Å². The molecule has 0 spiro atoms. The minimum absolute atomic E-state index is 0.273. The van der Waals surface area contributed by atoms with Crippen LogP contribution in [0, 0.1) is 0 Å². The molecule has 0 radical (unpaired) electrons. The topological polar surface area (TPSA) is 60.2 Å². The van der Waals surface area contributed by atoms with Gasteiger partial charge in [0.1, 0.15) is 6.10 Å². The number of methoxy groups -OCH3 is 1. The number of nitrogens with one attached hydrogen (secondary N) is 1. The van der Waals surface area contributed by atoms with Crippen LogP contribution in [0.5, 0.6) is 0 Å². The van der Waals surface area contributed by atoms with Crippen LogP contribution in [-0.2, 0) is 4.74 Å². The number of ether oxygens (including phenoxy) is 1. The predicted octanol–water partition coefficient (Wildman–Crippen LogP) is 2.27. The molecule has 1 aromatic heterocycles. The lowest BCUT2D eigenvalue weighted by Gasteiger charge is -2.18. The number of nitrogens with zero attached hydrogens (tertiary/aromatic N) is 2. The molecule has 1 aliphatic heterocycles. The summed E-state index contributed by atoms with van der Waals surface area (Å²) in [6, 6.07) is 9.95. The van der Waals surface area contributed by atoms with Crippen molar-refractivity contribution in [2.75, 3.05) is 20.2 Å². The Morgan fingerprint density at radius 3 is 2.90 bits per heavy atom. The standard InChI is InChI=1S/C15H19N3O2/c1-19-13(11-6-3-2-4-7-11)14-17-15(20-18-14)12-8-5-9-16-10-12/h2-4,6-7,12-13,16H,5,8-10H2,1H3. The molecule has 1 fully saturated rings. The molecular formula is C15H19N3O2. The summed E-state index contributed by atoms with van der Waals surface area (Å²) in [5, 5.41) is 7.46. The Morgan fingerprint density at radius 2 is 2.20 bits per heavy atom. The van der Waals surface area contributed by atoms with Crippen LogP contribution in [0.1, 0.15) is 42.1 Å². The van der Waals surface area contributed by atoms with Gasteiger partial charge in [0.25, 0.3) is 0 Å². The largest absolute Gasteiger partial charge is 0.369 e. The van der Waals surface area contributed by atoms with Gasteiger partial charge in [-0.05, 0) is 24.9 Å². The summed E-state index contributed by atoms with van der Waals surface area (Å²) < 4.78 is 10.9. The lowest BCUT2D eigenvalue weighted by Crippen LogP contribution is -2.28. The maximum atomic E-state index is 5.52. The monoisotopic (exact) mass is 273 g/mol. The van der Waals surface area contributed by atoms with Crippen LogP contribution < -0.4 is 5.32 Å². The van der Waals surface area contributed by atoms with Crippen LogP contribution in [0.2, 0.25) is 0 Å². The molecule has 1 aromatic carbocycles. The molecular weight excluding hydrogens is 254 g/mol. The van der Waals surface area contributed by atoms with E-state index in [-0.39, 0.29) is 6.10 Å². The van der Waals surface area contributed by atoms with Crippen LogP contribution in [-0.4, -0.2) is 30.3 Å². The van der Waals surface area contributed by atoms with Gasteiger partial charge in [0.05, 0.1) is 5.92 Å². The van der Waals surface area contributed by atoms with Crippen molar-refractivity contribution in [3.63, 3.8) is 0 Å². The zero-order valence-electron chi connectivity index (χ0n) is 11.6. The lowest BCUT2D eigenvalue weighted by atomic mass is 10.00. The van der Waals surface area contributed by atoms with Gasteiger partial charge in [-0.3, -0.25) is 0 Å². The summed E-state index contributed by atoms with van der Waals surface area (Å²) in [5.74, 6) is 1.63. The predicted molar refractivity (Wildman–Crippen MR) is 74.4 cm³/mol. The number of hydrogen-bond donors (Lipinski definition) is 1. The zero-order valence-corrected chi connectivity index (χ0v) is 11.6. The third-order valence-electron chi connectivity index (χ3n) is 3.68. The Bertz CT molecular complexity index is 535. The van der Waals surface area contributed by atoms with Crippen LogP contribution in [0.15, 0.2) is 34.9 Å². The fourth-order valence-electron chi connectivity index (χ4n) is 2.60. The average molecular weight is 273 g/mol. The van der Waals surface area contributed by atoms with Gasteiger partial charge in [-0.2, -0.15) is 4.98 Å². The fourth-order valence-corrected chi connectivity index (χ4v) is 2.60. The highest BCUT2D eigenvalue weighted by atomic mass is 16.5. The fraction of sp³-hybridized carbons (Fsp3) is 0.467. The molecule has 20 heavy (non-hydrogen) atoms. The molecule has 5 heteroatoms. The van der Waals surface area contributed by atoms with Crippen molar-refractivity contribution >= 4 is 0 Å². The van der Waals surface area contributed by atoms with E-state index in [1.54, 1.807) is 7.11 Å². The van der Waals surface area contributed by atoms with Crippen LogP contribution >= 0.6 is 0 Å². The maximum absolute atomic E-state index is 5.52. The minimum atomic E-state index is -0.273. The molecule has 3 rings (SSSR count). The molecule has 1 aliphatic rings. The number of piperidine rings is 1. The Hall–Kier alpha value is -1.72. The summed E-state index contributed by atoms with van der Waals surface area (Å²) in [4.78, 5) is 4.54. The van der Waals surface area contributed by atoms with Crippen LogP contribution in [0.3, 0.4) is 0 Å². The van der Waals surface area contributed by atoms with Crippen LogP contribution in [0.4, 0.5) is 0 Å². The second-order valence-corrected chi connectivity index (χ2v) is 5.06. The van der Waals surface area contributed by atoms with Gasteiger partial charge in [-0.25, -0.2) is 0 Å². The van der Waals surface area contributed by atoms with Gasteiger partial charge in [0, 0.05) is 13.7 Å². The Kier molecular flexibility index (Phi) is 4.08.